The van der Waals surface area contributed by atoms with Gasteiger partial charge in [0.2, 0.25) is 0 Å². The third kappa shape index (κ3) is 1.80. The number of benzene rings is 1. The number of hydrogen-bond acceptors (Lipinski definition) is 6. The van der Waals surface area contributed by atoms with Crippen LogP contribution in [0.3, 0.4) is 0 Å². The highest BCUT2D eigenvalue weighted by Crippen LogP contribution is 2.49. The van der Waals surface area contributed by atoms with Gasteiger partial charge in [0.1, 0.15) is 12.2 Å². The van der Waals surface area contributed by atoms with Crippen molar-refractivity contribution >= 4 is 17.7 Å². The first-order valence-electron chi connectivity index (χ1n) is 6.88. The smallest absolute Gasteiger partial charge is 0.339 e. The Bertz CT molecular complexity index is 703. The minimum Gasteiger partial charge on any atom is -0.465 e. The number of esters is 2. The van der Waals surface area contributed by atoms with Crippen molar-refractivity contribution in [2.45, 2.75) is 31.5 Å². The molecule has 2 atom stereocenters. The predicted molar refractivity (Wildman–Crippen MR) is 75.1 cm³/mol. The van der Waals surface area contributed by atoms with Gasteiger partial charge in [-0.25, -0.2) is 9.59 Å². The first-order valence-corrected chi connectivity index (χ1v) is 6.88. The van der Waals surface area contributed by atoms with E-state index in [0.29, 0.717) is 5.56 Å². The molecule has 22 heavy (non-hydrogen) atoms. The molecule has 0 aromatic heterocycles. The van der Waals surface area contributed by atoms with E-state index in [1.807, 2.05) is 13.8 Å². The van der Waals surface area contributed by atoms with E-state index >= 15 is 0 Å². The zero-order valence-electron chi connectivity index (χ0n) is 12.8. The maximum atomic E-state index is 12.6. The lowest BCUT2D eigenvalue weighted by atomic mass is 9.70. The predicted octanol–water partition coefficient (Wildman–Crippen LogP) is 1.50. The Morgan fingerprint density at radius 2 is 1.77 bits per heavy atom. The lowest BCUT2D eigenvalue weighted by Crippen LogP contribution is -2.37. The summed E-state index contributed by atoms with van der Waals surface area (Å²) in [4.78, 5) is 36.7. The van der Waals surface area contributed by atoms with Gasteiger partial charge in [0.25, 0.3) is 0 Å². The van der Waals surface area contributed by atoms with Crippen molar-refractivity contribution in [1.29, 1.82) is 0 Å². The molecule has 1 saturated heterocycles. The van der Waals surface area contributed by atoms with Crippen LogP contribution in [0.25, 0.3) is 0 Å². The Kier molecular flexibility index (Phi) is 3.11. The number of Topliss-reactive ketones (excluding diaryl/α,β-unsaturated/α-hetero) is 1. The van der Waals surface area contributed by atoms with E-state index < -0.39 is 23.5 Å². The summed E-state index contributed by atoms with van der Waals surface area (Å²) >= 11 is 0. The molecule has 6 nitrogen and oxygen atoms in total. The molecule has 6 heteroatoms. The second-order valence-corrected chi connectivity index (χ2v) is 5.96. The van der Waals surface area contributed by atoms with Crippen molar-refractivity contribution in [3.63, 3.8) is 0 Å². The maximum absolute atomic E-state index is 12.6. The van der Waals surface area contributed by atoms with Crippen molar-refractivity contribution in [3.05, 3.63) is 34.4 Å². The van der Waals surface area contributed by atoms with Crippen molar-refractivity contribution < 1.29 is 28.6 Å². The van der Waals surface area contributed by atoms with Gasteiger partial charge in [-0.05, 0) is 11.6 Å². The third-order valence-electron chi connectivity index (χ3n) is 4.40. The minimum atomic E-state index is -0.736. The topological polar surface area (TPSA) is 82.2 Å². The van der Waals surface area contributed by atoms with E-state index in [9.17, 15) is 14.4 Å². The third-order valence-corrected chi connectivity index (χ3v) is 4.40. The lowest BCUT2D eigenvalue weighted by Gasteiger charge is -2.30. The van der Waals surface area contributed by atoms with Crippen LogP contribution in [0.4, 0.5) is 0 Å². The Morgan fingerprint density at radius 1 is 1.14 bits per heavy atom. The largest absolute Gasteiger partial charge is 0.465 e. The summed E-state index contributed by atoms with van der Waals surface area (Å²) in [5.41, 5.74) is 0.448. The van der Waals surface area contributed by atoms with E-state index in [-0.39, 0.29) is 28.6 Å². The molecule has 1 aliphatic carbocycles. The summed E-state index contributed by atoms with van der Waals surface area (Å²) in [6, 6.07) is 3.18. The number of fused-ring (bicyclic) bond motifs is 2. The Morgan fingerprint density at radius 3 is 2.36 bits per heavy atom. The first kappa shape index (κ1) is 14.7. The standard InChI is InChI=1S/C16H16O6/c1-16(2)8-6-5-7(14(18)20-3)9(15(19)21-4)10(8)11(17)12-13(16)22-12/h5-6,12-13H,1-4H3/t12-,13-/m0/s1. The Hall–Kier alpha value is -2.21. The molecule has 0 saturated carbocycles. The fourth-order valence-corrected chi connectivity index (χ4v) is 3.15. The first-order chi connectivity index (χ1) is 10.3. The summed E-state index contributed by atoms with van der Waals surface area (Å²) < 4.78 is 14.9. The molecule has 1 aromatic carbocycles. The minimum absolute atomic E-state index is 0.0244. The normalized spacial score (nSPS) is 24.1. The summed E-state index contributed by atoms with van der Waals surface area (Å²) in [7, 11) is 2.42. The van der Waals surface area contributed by atoms with Gasteiger partial charge in [-0.2, -0.15) is 0 Å². The highest BCUT2D eigenvalue weighted by molar-refractivity contribution is 6.16. The van der Waals surface area contributed by atoms with Gasteiger partial charge in [0.15, 0.2) is 5.78 Å². The van der Waals surface area contributed by atoms with E-state index in [2.05, 4.69) is 0 Å². The quantitative estimate of drug-likeness (QED) is 0.608. The number of rotatable bonds is 2. The van der Waals surface area contributed by atoms with Gasteiger partial charge in [-0.1, -0.05) is 19.9 Å². The summed E-state index contributed by atoms with van der Waals surface area (Å²) in [6.45, 7) is 3.89. The van der Waals surface area contributed by atoms with Gasteiger partial charge >= 0.3 is 11.9 Å². The van der Waals surface area contributed by atoms with Crippen molar-refractivity contribution in [3.8, 4) is 0 Å². The van der Waals surface area contributed by atoms with Crippen LogP contribution in [0.5, 0.6) is 0 Å². The number of carbonyl (C=O) groups excluding carboxylic acids is 3. The molecule has 0 spiro atoms. The molecule has 0 unspecified atom stereocenters. The molecule has 0 amide bonds. The average Bonchev–Trinajstić information content (AvgIpc) is 3.31. The van der Waals surface area contributed by atoms with Gasteiger partial charge in [0, 0.05) is 11.0 Å². The molecule has 1 aliphatic heterocycles. The summed E-state index contributed by atoms with van der Waals surface area (Å²) in [5, 5.41) is 0. The molecule has 0 bridgehead atoms. The van der Waals surface area contributed by atoms with Crippen molar-refractivity contribution in [2.75, 3.05) is 14.2 Å². The zero-order chi connectivity index (χ0) is 16.2. The van der Waals surface area contributed by atoms with Crippen LogP contribution in [0.1, 0.15) is 50.5 Å². The van der Waals surface area contributed by atoms with Crippen LogP contribution >= 0.6 is 0 Å². The zero-order valence-corrected chi connectivity index (χ0v) is 12.8. The van der Waals surface area contributed by atoms with Crippen molar-refractivity contribution in [2.24, 2.45) is 0 Å². The molecule has 116 valence electrons. The van der Waals surface area contributed by atoms with E-state index in [1.54, 1.807) is 6.07 Å². The number of hydrogen-bond donors (Lipinski definition) is 0. The fourth-order valence-electron chi connectivity index (χ4n) is 3.15. The number of carbonyl (C=O) groups is 3. The van der Waals surface area contributed by atoms with Crippen molar-refractivity contribution in [1.82, 2.24) is 0 Å². The SMILES string of the molecule is COC(=O)c1ccc2c(c1C(=O)OC)C(=O)[C@@H]1O[C@@H]1C2(C)C. The maximum Gasteiger partial charge on any atom is 0.339 e. The van der Waals surface area contributed by atoms with Gasteiger partial charge in [0.05, 0.1) is 25.3 Å². The van der Waals surface area contributed by atoms with Crippen LogP contribution in [0.2, 0.25) is 0 Å². The lowest BCUT2D eigenvalue weighted by molar-refractivity contribution is 0.0553. The molecule has 0 radical (unpaired) electrons. The Balaban J connectivity index is 2.31. The molecule has 2 aliphatic rings. The monoisotopic (exact) mass is 304 g/mol. The Labute approximate surface area is 127 Å². The van der Waals surface area contributed by atoms with Crippen LogP contribution < -0.4 is 0 Å². The number of epoxide rings is 1. The fraction of sp³-hybridized carbons (Fsp3) is 0.438. The average molecular weight is 304 g/mol. The van der Waals surface area contributed by atoms with Gasteiger partial charge in [-0.3, -0.25) is 4.79 Å². The second-order valence-electron chi connectivity index (χ2n) is 5.96. The van der Waals surface area contributed by atoms with Gasteiger partial charge in [-0.15, -0.1) is 0 Å². The summed E-state index contributed by atoms with van der Waals surface area (Å²) in [5.74, 6) is -1.71. The van der Waals surface area contributed by atoms with E-state index in [4.69, 9.17) is 14.2 Å². The molecule has 1 heterocycles. The highest BCUT2D eigenvalue weighted by Gasteiger charge is 2.60. The van der Waals surface area contributed by atoms with Gasteiger partial charge < -0.3 is 14.2 Å². The van der Waals surface area contributed by atoms with Crippen LogP contribution in [0.15, 0.2) is 12.1 Å². The van der Waals surface area contributed by atoms with E-state index in [1.165, 1.54) is 20.3 Å². The summed E-state index contributed by atoms with van der Waals surface area (Å²) in [6.07, 6.45) is -0.749. The molecule has 0 N–H and O–H groups in total. The number of methoxy groups -OCH3 is 2. The number of ether oxygens (including phenoxy) is 3. The number of ketones is 1. The molecule has 3 rings (SSSR count). The van der Waals surface area contributed by atoms with Crippen LogP contribution in [-0.4, -0.2) is 44.1 Å². The van der Waals surface area contributed by atoms with E-state index in [0.717, 1.165) is 0 Å². The second kappa shape index (κ2) is 4.64. The molecular weight excluding hydrogens is 288 g/mol. The molecule has 1 fully saturated rings. The highest BCUT2D eigenvalue weighted by atomic mass is 16.6. The molecular formula is C16H16O6. The molecule has 1 aromatic rings. The van der Waals surface area contributed by atoms with Crippen LogP contribution in [-0.2, 0) is 19.6 Å². The van der Waals surface area contributed by atoms with Crippen LogP contribution in [0, 0.1) is 0 Å².